The number of aryl methyl sites for hydroxylation is 1. The minimum absolute atomic E-state index is 0.415. The molecule has 1 aromatic heterocycles. The second-order valence-corrected chi connectivity index (χ2v) is 6.46. The average Bonchev–Trinajstić information content (AvgIpc) is 2.55. The van der Waals surface area contributed by atoms with Gasteiger partial charge in [-0.2, -0.15) is 5.48 Å². The third kappa shape index (κ3) is 2.29. The van der Waals surface area contributed by atoms with E-state index in [1.807, 2.05) is 18.3 Å². The topological polar surface area (TPSA) is 21.3 Å². The SMILES string of the molecule is CCONC1CCCc2sc(I)cc21. The number of hydrogen-bond acceptors (Lipinski definition) is 3. The molecule has 1 atom stereocenters. The maximum Gasteiger partial charge on any atom is 0.0659 e. The van der Waals surface area contributed by atoms with E-state index in [2.05, 4.69) is 34.1 Å². The first-order valence-electron chi connectivity index (χ1n) is 4.96. The van der Waals surface area contributed by atoms with Gasteiger partial charge in [0, 0.05) is 4.88 Å². The summed E-state index contributed by atoms with van der Waals surface area (Å²) in [6.45, 7) is 2.74. The van der Waals surface area contributed by atoms with Crippen LogP contribution in [0.3, 0.4) is 0 Å². The molecule has 0 saturated heterocycles. The zero-order valence-corrected chi connectivity index (χ0v) is 11.2. The van der Waals surface area contributed by atoms with Crippen molar-refractivity contribution in [1.82, 2.24) is 5.48 Å². The van der Waals surface area contributed by atoms with Gasteiger partial charge in [0.2, 0.25) is 0 Å². The van der Waals surface area contributed by atoms with Gasteiger partial charge in [-0.3, -0.25) is 0 Å². The van der Waals surface area contributed by atoms with Gasteiger partial charge in [-0.05, 0) is 60.4 Å². The molecule has 0 aliphatic heterocycles. The highest BCUT2D eigenvalue weighted by Crippen LogP contribution is 2.36. The predicted molar refractivity (Wildman–Crippen MR) is 67.5 cm³/mol. The second-order valence-electron chi connectivity index (χ2n) is 3.42. The molecule has 1 N–H and O–H groups in total. The summed E-state index contributed by atoms with van der Waals surface area (Å²) >= 11 is 4.32. The summed E-state index contributed by atoms with van der Waals surface area (Å²) in [4.78, 5) is 6.83. The van der Waals surface area contributed by atoms with Gasteiger partial charge in [0.15, 0.2) is 0 Å². The molecule has 2 rings (SSSR count). The monoisotopic (exact) mass is 323 g/mol. The lowest BCUT2D eigenvalue weighted by Gasteiger charge is -2.22. The highest BCUT2D eigenvalue weighted by atomic mass is 127. The fraction of sp³-hybridized carbons (Fsp3) is 0.600. The van der Waals surface area contributed by atoms with Crippen LogP contribution in [0.5, 0.6) is 0 Å². The molecule has 1 aliphatic carbocycles. The lowest BCUT2D eigenvalue weighted by molar-refractivity contribution is 0.0199. The molecular weight excluding hydrogens is 309 g/mol. The Morgan fingerprint density at radius 3 is 3.36 bits per heavy atom. The number of rotatable bonds is 3. The van der Waals surface area contributed by atoms with Gasteiger partial charge in [0.1, 0.15) is 0 Å². The van der Waals surface area contributed by atoms with Crippen molar-refractivity contribution in [3.8, 4) is 0 Å². The molecule has 1 aliphatic rings. The summed E-state index contributed by atoms with van der Waals surface area (Å²) in [6.07, 6.45) is 3.71. The molecule has 0 aromatic carbocycles. The number of nitrogens with one attached hydrogen (secondary N) is 1. The molecule has 4 heteroatoms. The van der Waals surface area contributed by atoms with Crippen LogP contribution in [0.15, 0.2) is 6.07 Å². The van der Waals surface area contributed by atoms with Crippen molar-refractivity contribution in [2.45, 2.75) is 32.2 Å². The van der Waals surface area contributed by atoms with Crippen molar-refractivity contribution in [3.05, 3.63) is 19.4 Å². The molecule has 1 aromatic rings. The standard InChI is InChI=1S/C10H14INOS/c1-2-13-12-8-4-3-5-9-7(8)6-10(11)14-9/h6,8,12H,2-5H2,1H3. The molecule has 0 spiro atoms. The van der Waals surface area contributed by atoms with Crippen LogP contribution in [0.2, 0.25) is 0 Å². The summed E-state index contributed by atoms with van der Waals surface area (Å²) in [6, 6.07) is 2.70. The van der Waals surface area contributed by atoms with Crippen molar-refractivity contribution >= 4 is 33.9 Å². The summed E-state index contributed by atoms with van der Waals surface area (Å²) in [5, 5.41) is 0. The van der Waals surface area contributed by atoms with Crippen LogP contribution in [0, 0.1) is 2.88 Å². The molecule has 78 valence electrons. The fourth-order valence-electron chi connectivity index (χ4n) is 1.83. The highest BCUT2D eigenvalue weighted by molar-refractivity contribution is 14.1. The van der Waals surface area contributed by atoms with E-state index in [0.717, 1.165) is 6.61 Å². The molecule has 2 nitrogen and oxygen atoms in total. The van der Waals surface area contributed by atoms with Gasteiger partial charge in [0.25, 0.3) is 0 Å². The third-order valence-electron chi connectivity index (χ3n) is 2.45. The molecule has 1 heterocycles. The maximum absolute atomic E-state index is 5.29. The molecule has 0 radical (unpaired) electrons. The van der Waals surface area contributed by atoms with Gasteiger partial charge in [-0.1, -0.05) is 0 Å². The van der Waals surface area contributed by atoms with E-state index in [1.165, 1.54) is 32.6 Å². The Hall–Kier alpha value is 0.350. The van der Waals surface area contributed by atoms with E-state index in [4.69, 9.17) is 4.84 Å². The van der Waals surface area contributed by atoms with Crippen LogP contribution in [0.1, 0.15) is 36.2 Å². The average molecular weight is 323 g/mol. The minimum atomic E-state index is 0.415. The largest absolute Gasteiger partial charge is 0.302 e. The quantitative estimate of drug-likeness (QED) is 0.681. The molecule has 14 heavy (non-hydrogen) atoms. The Bertz CT molecular complexity index is 313. The van der Waals surface area contributed by atoms with E-state index in [1.54, 1.807) is 0 Å². The van der Waals surface area contributed by atoms with Gasteiger partial charge in [-0.15, -0.1) is 11.3 Å². The van der Waals surface area contributed by atoms with Crippen molar-refractivity contribution in [2.75, 3.05) is 6.61 Å². The normalized spacial score (nSPS) is 20.9. The second kappa shape index (κ2) is 4.92. The number of hydroxylamine groups is 1. The Balaban J connectivity index is 2.13. The number of halogens is 1. The Morgan fingerprint density at radius 2 is 2.57 bits per heavy atom. The van der Waals surface area contributed by atoms with E-state index in [-0.39, 0.29) is 0 Å². The van der Waals surface area contributed by atoms with Crippen LogP contribution < -0.4 is 5.48 Å². The smallest absolute Gasteiger partial charge is 0.0659 e. The van der Waals surface area contributed by atoms with E-state index < -0.39 is 0 Å². The van der Waals surface area contributed by atoms with E-state index in [0.29, 0.717) is 6.04 Å². The van der Waals surface area contributed by atoms with E-state index >= 15 is 0 Å². The molecule has 1 unspecified atom stereocenters. The van der Waals surface area contributed by atoms with Crippen LogP contribution in [-0.4, -0.2) is 6.61 Å². The lowest BCUT2D eigenvalue weighted by atomic mass is 9.95. The molecule has 0 bridgehead atoms. The number of fused-ring (bicyclic) bond motifs is 1. The van der Waals surface area contributed by atoms with Crippen LogP contribution in [0.4, 0.5) is 0 Å². The van der Waals surface area contributed by atoms with Gasteiger partial charge in [-0.25, -0.2) is 0 Å². The van der Waals surface area contributed by atoms with Crippen LogP contribution in [-0.2, 0) is 11.3 Å². The summed E-state index contributed by atoms with van der Waals surface area (Å²) in [5.74, 6) is 0. The fourth-order valence-corrected chi connectivity index (χ4v) is 3.95. The van der Waals surface area contributed by atoms with Gasteiger partial charge < -0.3 is 4.84 Å². The lowest BCUT2D eigenvalue weighted by Crippen LogP contribution is -2.24. The van der Waals surface area contributed by atoms with Gasteiger partial charge in [0.05, 0.1) is 15.5 Å². The van der Waals surface area contributed by atoms with Crippen molar-refractivity contribution in [3.63, 3.8) is 0 Å². The van der Waals surface area contributed by atoms with Gasteiger partial charge >= 0.3 is 0 Å². The predicted octanol–water partition coefficient (Wildman–Crippen LogP) is 3.27. The first-order valence-corrected chi connectivity index (χ1v) is 6.86. The van der Waals surface area contributed by atoms with Crippen LogP contribution in [0.25, 0.3) is 0 Å². The zero-order chi connectivity index (χ0) is 9.97. The first kappa shape index (κ1) is 10.9. The summed E-state index contributed by atoms with van der Waals surface area (Å²) in [7, 11) is 0. The number of hydrogen-bond donors (Lipinski definition) is 1. The zero-order valence-electron chi connectivity index (χ0n) is 8.18. The summed E-state index contributed by atoms with van der Waals surface area (Å²) in [5.41, 5.74) is 4.60. The van der Waals surface area contributed by atoms with Crippen LogP contribution >= 0.6 is 33.9 Å². The Morgan fingerprint density at radius 1 is 1.71 bits per heavy atom. The summed E-state index contributed by atoms with van der Waals surface area (Å²) < 4.78 is 1.39. The highest BCUT2D eigenvalue weighted by Gasteiger charge is 2.22. The molecule has 0 amide bonds. The van der Waals surface area contributed by atoms with E-state index in [9.17, 15) is 0 Å². The maximum atomic E-state index is 5.29. The Labute approximate surface area is 102 Å². The van der Waals surface area contributed by atoms with Crippen molar-refractivity contribution in [2.24, 2.45) is 0 Å². The molecule has 0 fully saturated rings. The minimum Gasteiger partial charge on any atom is -0.302 e. The third-order valence-corrected chi connectivity index (χ3v) is 4.42. The first-order chi connectivity index (χ1) is 6.81. The molecular formula is C10H14INOS. The van der Waals surface area contributed by atoms with Crippen molar-refractivity contribution in [1.29, 1.82) is 0 Å². The Kier molecular flexibility index (Phi) is 3.81. The number of thiophene rings is 1. The molecule has 0 saturated carbocycles. The van der Waals surface area contributed by atoms with Crippen molar-refractivity contribution < 1.29 is 4.84 Å².